The zero-order chi connectivity index (χ0) is 8.10. The number of hydrogen-bond acceptors (Lipinski definition) is 1. The first-order valence-corrected chi connectivity index (χ1v) is 4.97. The average Bonchev–Trinajstić information content (AvgIpc) is 1.84. The van der Waals surface area contributed by atoms with Crippen molar-refractivity contribution in [2.45, 2.75) is 51.0 Å². The van der Waals surface area contributed by atoms with Crippen LogP contribution in [0.25, 0.3) is 0 Å². The topological polar surface area (TPSA) is 3.24 Å². The van der Waals surface area contributed by atoms with Crippen LogP contribution in [-0.2, 0) is 0 Å². The third-order valence-corrected chi connectivity index (χ3v) is 2.80. The molecule has 1 nitrogen and oxygen atoms in total. The van der Waals surface area contributed by atoms with E-state index in [0.29, 0.717) is 0 Å². The quantitative estimate of drug-likeness (QED) is 0.616. The van der Waals surface area contributed by atoms with Crippen LogP contribution >= 0.6 is 12.4 Å². The van der Waals surface area contributed by atoms with Crippen LogP contribution < -0.4 is 0 Å². The van der Waals surface area contributed by atoms with Gasteiger partial charge < -0.3 is 4.90 Å². The first kappa shape index (κ1) is 12.2. The highest BCUT2D eigenvalue weighted by Crippen LogP contribution is 2.19. The van der Waals surface area contributed by atoms with Gasteiger partial charge in [0.05, 0.1) is 0 Å². The van der Waals surface area contributed by atoms with Gasteiger partial charge in [-0.1, -0.05) is 32.1 Å². The summed E-state index contributed by atoms with van der Waals surface area (Å²) in [5.74, 6) is 0. The molecule has 0 spiro atoms. The summed E-state index contributed by atoms with van der Waals surface area (Å²) >= 11 is 0. The fourth-order valence-corrected chi connectivity index (χ4v) is 1.95. The molecule has 0 radical (unpaired) electrons. The van der Waals surface area contributed by atoms with Gasteiger partial charge in [0.1, 0.15) is 0 Å². The van der Waals surface area contributed by atoms with Crippen molar-refractivity contribution in [3.05, 3.63) is 0 Å². The lowest BCUT2D eigenvalue weighted by molar-refractivity contribution is 0.242. The molecule has 74 valence electrons. The van der Waals surface area contributed by atoms with Crippen LogP contribution in [0.2, 0.25) is 0 Å². The van der Waals surface area contributed by atoms with E-state index in [9.17, 15) is 0 Å². The summed E-state index contributed by atoms with van der Waals surface area (Å²) in [6.45, 7) is 0. The van der Waals surface area contributed by atoms with Crippen LogP contribution in [0.3, 0.4) is 0 Å². The van der Waals surface area contributed by atoms with Gasteiger partial charge in [-0.25, -0.2) is 0 Å². The highest BCUT2D eigenvalue weighted by Gasteiger charge is 2.12. The van der Waals surface area contributed by atoms with Crippen molar-refractivity contribution in [2.24, 2.45) is 0 Å². The van der Waals surface area contributed by atoms with Crippen molar-refractivity contribution in [3.8, 4) is 0 Å². The molecule has 0 aromatic heterocycles. The third kappa shape index (κ3) is 4.32. The smallest absolute Gasteiger partial charge is 0.00891 e. The standard InChI is InChI=1S/C10H21N.ClH/c1-11(2)10-8-6-4-3-5-7-9-10;/h10H,3-9H2,1-2H3;1H. The zero-order valence-corrected chi connectivity index (χ0v) is 9.20. The Labute approximate surface area is 82.9 Å². The summed E-state index contributed by atoms with van der Waals surface area (Å²) in [6, 6.07) is 0.871. The van der Waals surface area contributed by atoms with Gasteiger partial charge in [-0.3, -0.25) is 0 Å². The summed E-state index contributed by atoms with van der Waals surface area (Å²) in [5.41, 5.74) is 0. The molecule has 1 rings (SSSR count). The van der Waals surface area contributed by atoms with Crippen LogP contribution in [0.15, 0.2) is 0 Å². The van der Waals surface area contributed by atoms with E-state index in [1.54, 1.807) is 0 Å². The van der Waals surface area contributed by atoms with Crippen LogP contribution in [0.4, 0.5) is 0 Å². The molecule has 2 heteroatoms. The van der Waals surface area contributed by atoms with Gasteiger partial charge in [0.2, 0.25) is 0 Å². The number of rotatable bonds is 1. The summed E-state index contributed by atoms with van der Waals surface area (Å²) in [6.07, 6.45) is 10.1. The van der Waals surface area contributed by atoms with Gasteiger partial charge in [-0.2, -0.15) is 0 Å². The van der Waals surface area contributed by atoms with E-state index < -0.39 is 0 Å². The Kier molecular flexibility index (Phi) is 6.87. The first-order chi connectivity index (χ1) is 5.30. The predicted molar refractivity (Wildman–Crippen MR) is 57.0 cm³/mol. The van der Waals surface area contributed by atoms with Gasteiger partial charge in [0.15, 0.2) is 0 Å². The molecule has 0 aliphatic heterocycles. The molecule has 12 heavy (non-hydrogen) atoms. The van der Waals surface area contributed by atoms with Crippen molar-refractivity contribution in [2.75, 3.05) is 14.1 Å². The second kappa shape index (κ2) is 6.73. The molecule has 1 aliphatic carbocycles. The fraction of sp³-hybridized carbons (Fsp3) is 1.00. The Bertz CT molecular complexity index is 96.0. The van der Waals surface area contributed by atoms with E-state index in [0.717, 1.165) is 6.04 Å². The SMILES string of the molecule is CN(C)C1CCCCCCC1.Cl. The average molecular weight is 192 g/mol. The molecule has 0 unspecified atom stereocenters. The summed E-state index contributed by atoms with van der Waals surface area (Å²) in [4.78, 5) is 2.39. The maximum atomic E-state index is 2.39. The Hall–Kier alpha value is 0.250. The van der Waals surface area contributed by atoms with Crippen molar-refractivity contribution >= 4 is 12.4 Å². The summed E-state index contributed by atoms with van der Waals surface area (Å²) in [7, 11) is 4.43. The molecule has 1 fully saturated rings. The second-order valence-corrected chi connectivity index (χ2v) is 3.96. The molecule has 0 N–H and O–H groups in total. The highest BCUT2D eigenvalue weighted by atomic mass is 35.5. The van der Waals surface area contributed by atoms with Crippen LogP contribution in [0, 0.1) is 0 Å². The minimum Gasteiger partial charge on any atom is -0.306 e. The van der Waals surface area contributed by atoms with Crippen molar-refractivity contribution in [1.82, 2.24) is 4.90 Å². The monoisotopic (exact) mass is 191 g/mol. The zero-order valence-electron chi connectivity index (χ0n) is 8.38. The summed E-state index contributed by atoms with van der Waals surface area (Å²) < 4.78 is 0. The third-order valence-electron chi connectivity index (χ3n) is 2.80. The van der Waals surface area contributed by atoms with Gasteiger partial charge in [-0.05, 0) is 26.9 Å². The molecular weight excluding hydrogens is 170 g/mol. The van der Waals surface area contributed by atoms with E-state index in [4.69, 9.17) is 0 Å². The van der Waals surface area contributed by atoms with E-state index in [1.807, 2.05) is 0 Å². The van der Waals surface area contributed by atoms with Gasteiger partial charge in [0, 0.05) is 6.04 Å². The molecule has 1 aliphatic rings. The lowest BCUT2D eigenvalue weighted by Gasteiger charge is -2.25. The Morgan fingerprint density at radius 2 is 1.25 bits per heavy atom. The van der Waals surface area contributed by atoms with E-state index in [2.05, 4.69) is 19.0 Å². The number of halogens is 1. The lowest BCUT2D eigenvalue weighted by atomic mass is 9.96. The summed E-state index contributed by atoms with van der Waals surface area (Å²) in [5, 5.41) is 0. The van der Waals surface area contributed by atoms with E-state index in [-0.39, 0.29) is 12.4 Å². The number of hydrogen-bond donors (Lipinski definition) is 0. The molecule has 0 saturated heterocycles. The van der Waals surface area contributed by atoms with Crippen LogP contribution in [0.5, 0.6) is 0 Å². The predicted octanol–water partition coefficient (Wildman–Crippen LogP) is 3.08. The largest absolute Gasteiger partial charge is 0.306 e. The number of nitrogens with zero attached hydrogens (tertiary/aromatic N) is 1. The Balaban J connectivity index is 0.00000121. The van der Waals surface area contributed by atoms with Gasteiger partial charge >= 0.3 is 0 Å². The first-order valence-electron chi connectivity index (χ1n) is 4.97. The lowest BCUT2D eigenvalue weighted by Crippen LogP contribution is -2.28. The van der Waals surface area contributed by atoms with Crippen molar-refractivity contribution in [1.29, 1.82) is 0 Å². The van der Waals surface area contributed by atoms with E-state index in [1.165, 1.54) is 44.9 Å². The van der Waals surface area contributed by atoms with Gasteiger partial charge in [0.25, 0.3) is 0 Å². The fourth-order valence-electron chi connectivity index (χ4n) is 1.95. The highest BCUT2D eigenvalue weighted by molar-refractivity contribution is 5.85. The normalized spacial score (nSPS) is 21.2. The molecule has 1 saturated carbocycles. The molecule has 0 atom stereocenters. The second-order valence-electron chi connectivity index (χ2n) is 3.96. The minimum absolute atomic E-state index is 0. The maximum Gasteiger partial charge on any atom is 0.00891 e. The van der Waals surface area contributed by atoms with Crippen LogP contribution in [0.1, 0.15) is 44.9 Å². The molecule has 0 aromatic carbocycles. The van der Waals surface area contributed by atoms with Crippen molar-refractivity contribution < 1.29 is 0 Å². The molecular formula is C10H22ClN. The van der Waals surface area contributed by atoms with Crippen molar-refractivity contribution in [3.63, 3.8) is 0 Å². The van der Waals surface area contributed by atoms with Gasteiger partial charge in [-0.15, -0.1) is 12.4 Å². The Morgan fingerprint density at radius 1 is 0.833 bits per heavy atom. The molecule has 0 aromatic rings. The minimum atomic E-state index is 0. The molecule has 0 bridgehead atoms. The molecule has 0 heterocycles. The Morgan fingerprint density at radius 3 is 1.67 bits per heavy atom. The maximum absolute atomic E-state index is 2.39. The van der Waals surface area contributed by atoms with Crippen LogP contribution in [-0.4, -0.2) is 25.0 Å². The molecule has 0 amide bonds. The van der Waals surface area contributed by atoms with E-state index >= 15 is 0 Å².